The minimum atomic E-state index is -0.242. The largest absolute Gasteiger partial charge is 0.357 e. The van der Waals surface area contributed by atoms with Crippen LogP contribution in [0.1, 0.15) is 61.9 Å². The summed E-state index contributed by atoms with van der Waals surface area (Å²) in [6, 6.07) is 6.16. The van der Waals surface area contributed by atoms with Crippen LogP contribution in [0.5, 0.6) is 0 Å². The smallest absolute Gasteiger partial charge is 0.223 e. The summed E-state index contributed by atoms with van der Waals surface area (Å²) in [6.45, 7) is 4.18. The van der Waals surface area contributed by atoms with Crippen LogP contribution in [-0.2, 0) is 11.2 Å². The molecular weight excluding hydrogens is 404 g/mol. The number of carbonyl (C=O) groups is 2. The summed E-state index contributed by atoms with van der Waals surface area (Å²) in [5.41, 5.74) is 2.69. The molecule has 0 spiro atoms. The standard InChI is InChI=1S/C21H26N4O2S2/c1-13(28-21-24-23-20(29-21)22-17-6-4-3-5-7-17)19(27)16-8-9-18-15(12-16)10-11-25(18)14(2)26/h8-9,12-13,17H,3-7,10-11H2,1-2H3,(H,22,23). The van der Waals surface area contributed by atoms with Gasteiger partial charge in [-0.1, -0.05) is 42.4 Å². The number of ketones is 1. The van der Waals surface area contributed by atoms with Gasteiger partial charge >= 0.3 is 0 Å². The topological polar surface area (TPSA) is 75.2 Å². The number of benzene rings is 1. The monoisotopic (exact) mass is 430 g/mol. The molecule has 1 saturated carbocycles. The molecule has 154 valence electrons. The second-order valence-electron chi connectivity index (χ2n) is 7.74. The molecule has 1 aliphatic carbocycles. The summed E-state index contributed by atoms with van der Waals surface area (Å²) >= 11 is 2.98. The van der Waals surface area contributed by atoms with Gasteiger partial charge in [0.15, 0.2) is 10.1 Å². The number of amides is 1. The predicted molar refractivity (Wildman–Crippen MR) is 118 cm³/mol. The Kier molecular flexibility index (Phi) is 6.20. The summed E-state index contributed by atoms with van der Waals surface area (Å²) < 4.78 is 0.813. The van der Waals surface area contributed by atoms with E-state index in [-0.39, 0.29) is 16.9 Å². The Morgan fingerprint density at radius 2 is 2.03 bits per heavy atom. The highest BCUT2D eigenvalue weighted by Crippen LogP contribution is 2.33. The fourth-order valence-electron chi connectivity index (χ4n) is 4.06. The Balaban J connectivity index is 1.38. The number of rotatable bonds is 6. The van der Waals surface area contributed by atoms with Crippen LogP contribution in [0.3, 0.4) is 0 Å². The molecule has 1 atom stereocenters. The van der Waals surface area contributed by atoms with Crippen LogP contribution < -0.4 is 10.2 Å². The third-order valence-electron chi connectivity index (χ3n) is 5.63. The first kappa shape index (κ1) is 20.3. The van der Waals surface area contributed by atoms with Crippen molar-refractivity contribution in [3.63, 3.8) is 0 Å². The number of thioether (sulfide) groups is 1. The number of anilines is 2. The maximum atomic E-state index is 12.9. The molecule has 0 saturated heterocycles. The molecule has 8 heteroatoms. The summed E-state index contributed by atoms with van der Waals surface area (Å²) in [7, 11) is 0. The van der Waals surface area contributed by atoms with Gasteiger partial charge in [-0.05, 0) is 49.9 Å². The summed E-state index contributed by atoms with van der Waals surface area (Å²) in [4.78, 5) is 26.4. The molecule has 0 radical (unpaired) electrons. The van der Waals surface area contributed by atoms with E-state index in [1.54, 1.807) is 11.8 Å². The van der Waals surface area contributed by atoms with Gasteiger partial charge in [0.05, 0.1) is 5.25 Å². The van der Waals surface area contributed by atoms with Crippen LogP contribution in [0.15, 0.2) is 22.5 Å². The van der Waals surface area contributed by atoms with Crippen LogP contribution in [0.25, 0.3) is 0 Å². The maximum Gasteiger partial charge on any atom is 0.223 e. The zero-order chi connectivity index (χ0) is 20.4. The van der Waals surface area contributed by atoms with Gasteiger partial charge < -0.3 is 10.2 Å². The minimum absolute atomic E-state index is 0.0423. The Labute approximate surface area is 179 Å². The number of Topliss-reactive ketones (excluding diaryl/α,β-unsaturated/α-hetero) is 1. The van der Waals surface area contributed by atoms with Gasteiger partial charge in [-0.25, -0.2) is 0 Å². The summed E-state index contributed by atoms with van der Waals surface area (Å²) in [5, 5.41) is 12.6. The molecule has 1 aromatic heterocycles. The second-order valence-corrected chi connectivity index (χ2v) is 10.3. The number of nitrogens with one attached hydrogen (secondary N) is 1. The van der Waals surface area contributed by atoms with Gasteiger partial charge in [0, 0.05) is 30.8 Å². The molecule has 1 amide bonds. The highest BCUT2D eigenvalue weighted by molar-refractivity contribution is 8.02. The first-order valence-electron chi connectivity index (χ1n) is 10.2. The fourth-order valence-corrected chi connectivity index (χ4v) is 6.11. The van der Waals surface area contributed by atoms with Crippen molar-refractivity contribution in [1.82, 2.24) is 10.2 Å². The van der Waals surface area contributed by atoms with Crippen molar-refractivity contribution in [2.75, 3.05) is 16.8 Å². The molecule has 2 aromatic rings. The molecule has 4 rings (SSSR count). The van der Waals surface area contributed by atoms with Crippen LogP contribution in [-0.4, -0.2) is 39.7 Å². The first-order chi connectivity index (χ1) is 14.0. The zero-order valence-electron chi connectivity index (χ0n) is 16.8. The van der Waals surface area contributed by atoms with E-state index < -0.39 is 0 Å². The van der Waals surface area contributed by atoms with Crippen LogP contribution in [0.4, 0.5) is 10.8 Å². The number of fused-ring (bicyclic) bond motifs is 1. The van der Waals surface area contributed by atoms with E-state index in [0.717, 1.165) is 27.1 Å². The molecule has 6 nitrogen and oxygen atoms in total. The van der Waals surface area contributed by atoms with Gasteiger partial charge in [-0.3, -0.25) is 9.59 Å². The van der Waals surface area contributed by atoms with Crippen molar-refractivity contribution in [2.24, 2.45) is 0 Å². The van der Waals surface area contributed by atoms with Crippen molar-refractivity contribution in [3.05, 3.63) is 29.3 Å². The quantitative estimate of drug-likeness (QED) is 0.535. The van der Waals surface area contributed by atoms with Crippen molar-refractivity contribution >= 4 is 45.6 Å². The lowest BCUT2D eigenvalue weighted by molar-refractivity contribution is -0.116. The van der Waals surface area contributed by atoms with E-state index in [1.165, 1.54) is 55.2 Å². The number of aromatic nitrogens is 2. The van der Waals surface area contributed by atoms with Crippen molar-refractivity contribution in [2.45, 2.75) is 68.0 Å². The molecule has 2 heterocycles. The minimum Gasteiger partial charge on any atom is -0.357 e. The molecule has 1 unspecified atom stereocenters. The average Bonchev–Trinajstić information content (AvgIpc) is 3.34. The van der Waals surface area contributed by atoms with Gasteiger partial charge in [-0.15, -0.1) is 10.2 Å². The fraction of sp³-hybridized carbons (Fsp3) is 0.524. The highest BCUT2D eigenvalue weighted by atomic mass is 32.2. The number of nitrogens with zero attached hydrogens (tertiary/aromatic N) is 3. The summed E-state index contributed by atoms with van der Waals surface area (Å²) in [5.74, 6) is 0.122. The predicted octanol–water partition coefficient (Wildman–Crippen LogP) is 4.56. The lowest BCUT2D eigenvalue weighted by Crippen LogP contribution is -2.25. The van der Waals surface area contributed by atoms with Gasteiger partial charge in [-0.2, -0.15) is 0 Å². The number of carbonyl (C=O) groups excluding carboxylic acids is 2. The normalized spacial score (nSPS) is 17.8. The second kappa shape index (κ2) is 8.83. The van der Waals surface area contributed by atoms with Gasteiger partial charge in [0.2, 0.25) is 11.0 Å². The van der Waals surface area contributed by atoms with Crippen molar-refractivity contribution in [3.8, 4) is 0 Å². The lowest BCUT2D eigenvalue weighted by atomic mass is 9.96. The average molecular weight is 431 g/mol. The molecule has 1 N–H and O–H groups in total. The van der Waals surface area contributed by atoms with E-state index >= 15 is 0 Å². The number of hydrogen-bond donors (Lipinski definition) is 1. The molecule has 1 fully saturated rings. The Morgan fingerprint density at radius 3 is 2.79 bits per heavy atom. The number of hydrogen-bond acceptors (Lipinski definition) is 7. The van der Waals surface area contributed by atoms with Gasteiger partial charge in [0.25, 0.3) is 0 Å². The van der Waals surface area contributed by atoms with Crippen molar-refractivity contribution in [1.29, 1.82) is 0 Å². The Morgan fingerprint density at radius 1 is 1.24 bits per heavy atom. The SMILES string of the molecule is CC(=O)N1CCc2cc(C(=O)C(C)Sc3nnc(NC4CCCCC4)s3)ccc21. The molecule has 1 aliphatic heterocycles. The maximum absolute atomic E-state index is 12.9. The van der Waals surface area contributed by atoms with E-state index in [2.05, 4.69) is 15.5 Å². The van der Waals surface area contributed by atoms with Crippen LogP contribution in [0.2, 0.25) is 0 Å². The third kappa shape index (κ3) is 4.64. The molecule has 1 aromatic carbocycles. The summed E-state index contributed by atoms with van der Waals surface area (Å²) in [6.07, 6.45) is 7.05. The zero-order valence-corrected chi connectivity index (χ0v) is 18.4. The van der Waals surface area contributed by atoms with Crippen LogP contribution in [0, 0.1) is 0 Å². The highest BCUT2D eigenvalue weighted by Gasteiger charge is 2.25. The Bertz CT molecular complexity index is 908. The van der Waals surface area contributed by atoms with E-state index in [4.69, 9.17) is 0 Å². The van der Waals surface area contributed by atoms with E-state index in [1.807, 2.05) is 25.1 Å². The van der Waals surface area contributed by atoms with E-state index in [9.17, 15) is 9.59 Å². The molecule has 29 heavy (non-hydrogen) atoms. The third-order valence-corrected chi connectivity index (χ3v) is 7.66. The van der Waals surface area contributed by atoms with Crippen molar-refractivity contribution < 1.29 is 9.59 Å². The molecular formula is C21H26N4O2S2. The van der Waals surface area contributed by atoms with Gasteiger partial charge in [0.1, 0.15) is 0 Å². The Hall–Kier alpha value is -1.93. The molecule has 0 bridgehead atoms. The van der Waals surface area contributed by atoms with E-state index in [0.29, 0.717) is 18.2 Å². The lowest BCUT2D eigenvalue weighted by Gasteiger charge is -2.21. The molecule has 2 aliphatic rings. The first-order valence-corrected chi connectivity index (χ1v) is 11.9. The van der Waals surface area contributed by atoms with Crippen LogP contribution >= 0.6 is 23.1 Å².